The molecule has 0 spiro atoms. The minimum atomic E-state index is -0.447. The maximum absolute atomic E-state index is 12.7. The van der Waals surface area contributed by atoms with E-state index in [1.807, 2.05) is 0 Å². The number of halogens is 1. The minimum Gasteiger partial charge on any atom is -0.397 e. The Labute approximate surface area is 90.5 Å². The molecule has 0 saturated heterocycles. The lowest BCUT2D eigenvalue weighted by molar-refractivity contribution is 0.102. The van der Waals surface area contributed by atoms with E-state index in [-0.39, 0.29) is 11.6 Å². The second kappa shape index (κ2) is 4.01. The maximum Gasteiger partial charge on any atom is 0.273 e. The summed E-state index contributed by atoms with van der Waals surface area (Å²) in [5, 5.41) is 8.69. The van der Waals surface area contributed by atoms with Gasteiger partial charge in [0.2, 0.25) is 0 Å². The molecule has 0 atom stereocenters. The number of benzene rings is 1. The molecule has 0 fully saturated rings. The monoisotopic (exact) mass is 220 g/mol. The number of nitrogens with zero attached hydrogens (tertiary/aromatic N) is 1. The fourth-order valence-corrected chi connectivity index (χ4v) is 1.22. The molecule has 0 aliphatic heterocycles. The second-order valence-corrected chi connectivity index (χ2v) is 3.16. The van der Waals surface area contributed by atoms with Gasteiger partial charge in [-0.2, -0.15) is 5.10 Å². The maximum atomic E-state index is 12.7. The Morgan fingerprint density at radius 1 is 1.44 bits per heavy atom. The fraction of sp³-hybridized carbons (Fsp3) is 0. The lowest BCUT2D eigenvalue weighted by Crippen LogP contribution is -2.13. The molecule has 4 N–H and O–H groups in total. The van der Waals surface area contributed by atoms with Crippen molar-refractivity contribution in [3.05, 3.63) is 42.0 Å². The van der Waals surface area contributed by atoms with Gasteiger partial charge in [0.15, 0.2) is 0 Å². The van der Waals surface area contributed by atoms with Gasteiger partial charge in [-0.3, -0.25) is 9.89 Å². The summed E-state index contributed by atoms with van der Waals surface area (Å²) >= 11 is 0. The second-order valence-electron chi connectivity index (χ2n) is 3.16. The smallest absolute Gasteiger partial charge is 0.273 e. The van der Waals surface area contributed by atoms with Crippen molar-refractivity contribution in [1.82, 2.24) is 10.2 Å². The van der Waals surface area contributed by atoms with E-state index in [1.165, 1.54) is 24.4 Å². The predicted molar refractivity (Wildman–Crippen MR) is 57.4 cm³/mol. The van der Waals surface area contributed by atoms with Crippen LogP contribution in [0.25, 0.3) is 0 Å². The van der Waals surface area contributed by atoms with Crippen molar-refractivity contribution < 1.29 is 9.18 Å². The van der Waals surface area contributed by atoms with E-state index in [9.17, 15) is 9.18 Å². The molecule has 2 rings (SSSR count). The first kappa shape index (κ1) is 10.2. The van der Waals surface area contributed by atoms with Crippen LogP contribution in [0.15, 0.2) is 30.5 Å². The first-order valence-corrected chi connectivity index (χ1v) is 4.52. The number of aromatic amines is 1. The summed E-state index contributed by atoms with van der Waals surface area (Å²) in [6, 6.07) is 5.29. The van der Waals surface area contributed by atoms with Gasteiger partial charge in [0, 0.05) is 6.20 Å². The number of anilines is 2. The van der Waals surface area contributed by atoms with E-state index < -0.39 is 5.82 Å². The zero-order chi connectivity index (χ0) is 11.5. The molecule has 0 bridgehead atoms. The molecule has 1 aromatic heterocycles. The average Bonchev–Trinajstić information content (AvgIpc) is 2.75. The Morgan fingerprint density at radius 3 is 2.88 bits per heavy atom. The van der Waals surface area contributed by atoms with E-state index >= 15 is 0 Å². The summed E-state index contributed by atoms with van der Waals surface area (Å²) in [6.45, 7) is 0. The van der Waals surface area contributed by atoms with Gasteiger partial charge in [-0.15, -0.1) is 0 Å². The van der Waals surface area contributed by atoms with E-state index in [0.29, 0.717) is 11.4 Å². The topological polar surface area (TPSA) is 83.8 Å². The van der Waals surface area contributed by atoms with Gasteiger partial charge in [0.25, 0.3) is 5.91 Å². The zero-order valence-electron chi connectivity index (χ0n) is 8.20. The fourth-order valence-electron chi connectivity index (χ4n) is 1.22. The molecule has 82 valence electrons. The van der Waals surface area contributed by atoms with Gasteiger partial charge in [-0.25, -0.2) is 4.39 Å². The number of H-pyrrole nitrogens is 1. The first-order valence-electron chi connectivity index (χ1n) is 4.52. The van der Waals surface area contributed by atoms with Crippen LogP contribution < -0.4 is 11.1 Å². The number of nitrogen functional groups attached to an aromatic ring is 1. The number of hydrogen-bond acceptors (Lipinski definition) is 3. The third-order valence-electron chi connectivity index (χ3n) is 2.01. The number of amides is 1. The predicted octanol–water partition coefficient (Wildman–Crippen LogP) is 1.38. The molecule has 1 amide bonds. The van der Waals surface area contributed by atoms with E-state index in [1.54, 1.807) is 0 Å². The molecular formula is C10H9FN4O. The van der Waals surface area contributed by atoms with Crippen molar-refractivity contribution in [3.63, 3.8) is 0 Å². The Bertz CT molecular complexity index is 510. The van der Waals surface area contributed by atoms with Gasteiger partial charge >= 0.3 is 0 Å². The van der Waals surface area contributed by atoms with Gasteiger partial charge in [0.1, 0.15) is 11.5 Å². The Balaban J connectivity index is 2.18. The molecule has 0 radical (unpaired) electrons. The number of nitrogens with two attached hydrogens (primary N) is 1. The summed E-state index contributed by atoms with van der Waals surface area (Å²) in [5.74, 6) is -0.826. The number of rotatable bonds is 2. The lowest BCUT2D eigenvalue weighted by Gasteiger charge is -2.06. The normalized spacial score (nSPS) is 10.1. The molecule has 1 heterocycles. The summed E-state index contributed by atoms with van der Waals surface area (Å²) < 4.78 is 12.7. The summed E-state index contributed by atoms with van der Waals surface area (Å²) in [4.78, 5) is 11.6. The molecule has 0 unspecified atom stereocenters. The third kappa shape index (κ3) is 2.00. The van der Waals surface area contributed by atoms with E-state index in [2.05, 4.69) is 15.5 Å². The van der Waals surface area contributed by atoms with Crippen LogP contribution >= 0.6 is 0 Å². The Kier molecular flexibility index (Phi) is 2.55. The van der Waals surface area contributed by atoms with Gasteiger partial charge < -0.3 is 11.1 Å². The standard InChI is InChI=1S/C10H9FN4O/c11-6-1-2-8(7(12)5-6)14-10(16)9-3-4-13-15-9/h1-5H,12H2,(H,13,15)(H,14,16). The largest absolute Gasteiger partial charge is 0.397 e. The van der Waals surface area contributed by atoms with Crippen LogP contribution in [0.1, 0.15) is 10.5 Å². The van der Waals surface area contributed by atoms with Gasteiger partial charge in [-0.1, -0.05) is 0 Å². The molecule has 0 saturated carbocycles. The van der Waals surface area contributed by atoms with Crippen molar-refractivity contribution >= 4 is 17.3 Å². The summed E-state index contributed by atoms with van der Waals surface area (Å²) in [7, 11) is 0. The van der Waals surface area contributed by atoms with Crippen molar-refractivity contribution in [2.24, 2.45) is 0 Å². The number of carbonyl (C=O) groups excluding carboxylic acids is 1. The molecule has 5 nitrogen and oxygen atoms in total. The van der Waals surface area contributed by atoms with Crippen LogP contribution in [0.3, 0.4) is 0 Å². The highest BCUT2D eigenvalue weighted by Crippen LogP contribution is 2.19. The molecule has 16 heavy (non-hydrogen) atoms. The van der Waals surface area contributed by atoms with Crippen molar-refractivity contribution in [1.29, 1.82) is 0 Å². The molecule has 2 aromatic rings. The molecule has 0 aliphatic carbocycles. The molecule has 0 aliphatic rings. The van der Waals surface area contributed by atoms with Crippen LogP contribution in [-0.2, 0) is 0 Å². The van der Waals surface area contributed by atoms with Crippen molar-refractivity contribution in [2.45, 2.75) is 0 Å². The van der Waals surface area contributed by atoms with Crippen LogP contribution in [0.4, 0.5) is 15.8 Å². The summed E-state index contributed by atoms with van der Waals surface area (Å²) in [5.41, 5.74) is 6.39. The van der Waals surface area contributed by atoms with E-state index in [4.69, 9.17) is 5.73 Å². The Morgan fingerprint density at radius 2 is 2.25 bits per heavy atom. The van der Waals surface area contributed by atoms with Crippen LogP contribution in [0.2, 0.25) is 0 Å². The first-order chi connectivity index (χ1) is 7.66. The molecule has 6 heteroatoms. The highest BCUT2D eigenvalue weighted by atomic mass is 19.1. The van der Waals surface area contributed by atoms with Crippen molar-refractivity contribution in [2.75, 3.05) is 11.1 Å². The van der Waals surface area contributed by atoms with E-state index in [0.717, 1.165) is 6.07 Å². The van der Waals surface area contributed by atoms with Crippen LogP contribution in [0.5, 0.6) is 0 Å². The lowest BCUT2D eigenvalue weighted by atomic mass is 10.2. The van der Waals surface area contributed by atoms with Crippen LogP contribution in [0, 0.1) is 5.82 Å². The average molecular weight is 220 g/mol. The number of hydrogen-bond donors (Lipinski definition) is 3. The molecular weight excluding hydrogens is 211 g/mol. The third-order valence-corrected chi connectivity index (χ3v) is 2.01. The SMILES string of the molecule is Nc1cc(F)ccc1NC(=O)c1ccn[nH]1. The zero-order valence-corrected chi connectivity index (χ0v) is 8.20. The number of nitrogens with one attached hydrogen (secondary N) is 2. The Hall–Kier alpha value is -2.37. The van der Waals surface area contributed by atoms with Gasteiger partial charge in [0.05, 0.1) is 11.4 Å². The number of aromatic nitrogens is 2. The molecule has 1 aromatic carbocycles. The minimum absolute atomic E-state index is 0.174. The van der Waals surface area contributed by atoms with Crippen molar-refractivity contribution in [3.8, 4) is 0 Å². The highest BCUT2D eigenvalue weighted by molar-refractivity contribution is 6.04. The summed E-state index contributed by atoms with van der Waals surface area (Å²) in [6.07, 6.45) is 1.46. The quantitative estimate of drug-likeness (QED) is 0.668. The number of carbonyl (C=O) groups is 1. The van der Waals surface area contributed by atoms with Crippen LogP contribution in [-0.4, -0.2) is 16.1 Å². The highest BCUT2D eigenvalue weighted by Gasteiger charge is 2.09. The van der Waals surface area contributed by atoms with Gasteiger partial charge in [-0.05, 0) is 24.3 Å².